The van der Waals surface area contributed by atoms with Crippen molar-refractivity contribution in [3.63, 3.8) is 0 Å². The number of benzene rings is 1. The van der Waals surface area contributed by atoms with Crippen LogP contribution < -0.4 is 9.64 Å². The summed E-state index contributed by atoms with van der Waals surface area (Å²) in [5.41, 5.74) is 1.97. The van der Waals surface area contributed by atoms with E-state index in [2.05, 4.69) is 24.1 Å². The maximum absolute atomic E-state index is 5.55. The van der Waals surface area contributed by atoms with Crippen LogP contribution in [0.2, 0.25) is 0 Å². The van der Waals surface area contributed by atoms with E-state index in [1.807, 2.05) is 24.3 Å². The molecule has 0 saturated carbocycles. The minimum Gasteiger partial charge on any atom is -0.496 e. The summed E-state index contributed by atoms with van der Waals surface area (Å²) in [7, 11) is 1.68. The molecule has 106 valence electrons. The lowest BCUT2D eigenvalue weighted by Crippen LogP contribution is -2.40. The van der Waals surface area contributed by atoms with Crippen molar-refractivity contribution in [3.05, 3.63) is 29.6 Å². The summed E-state index contributed by atoms with van der Waals surface area (Å²) in [4.78, 5) is 6.96. The summed E-state index contributed by atoms with van der Waals surface area (Å²) in [6.45, 7) is 5.68. The maximum atomic E-state index is 5.55. The van der Waals surface area contributed by atoms with E-state index < -0.39 is 0 Å². The van der Waals surface area contributed by atoms with Gasteiger partial charge in [0.2, 0.25) is 0 Å². The van der Waals surface area contributed by atoms with Crippen molar-refractivity contribution >= 4 is 16.5 Å². The van der Waals surface area contributed by atoms with Gasteiger partial charge in [0.15, 0.2) is 5.13 Å². The highest BCUT2D eigenvalue weighted by atomic mass is 32.1. The molecule has 2 aromatic rings. The van der Waals surface area contributed by atoms with Crippen LogP contribution in [0.1, 0.15) is 13.8 Å². The van der Waals surface area contributed by atoms with Gasteiger partial charge in [-0.15, -0.1) is 11.3 Å². The van der Waals surface area contributed by atoms with Crippen LogP contribution in [0.25, 0.3) is 11.3 Å². The molecule has 0 amide bonds. The Morgan fingerprint density at radius 3 is 2.85 bits per heavy atom. The Balaban J connectivity index is 1.94. The molecule has 2 heterocycles. The molecule has 5 heteroatoms. The number of anilines is 1. The van der Waals surface area contributed by atoms with Gasteiger partial charge in [0.1, 0.15) is 12.5 Å². The third-order valence-corrected chi connectivity index (χ3v) is 4.38. The summed E-state index contributed by atoms with van der Waals surface area (Å²) < 4.78 is 11.0. The molecule has 1 aromatic heterocycles. The number of hydrogen-bond acceptors (Lipinski definition) is 5. The molecule has 1 aliphatic rings. The number of nitrogens with zero attached hydrogens (tertiary/aromatic N) is 2. The van der Waals surface area contributed by atoms with Gasteiger partial charge in [-0.25, -0.2) is 4.98 Å². The highest BCUT2D eigenvalue weighted by molar-refractivity contribution is 7.14. The Bertz CT molecular complexity index is 609. The molecule has 0 bridgehead atoms. The van der Waals surface area contributed by atoms with Crippen molar-refractivity contribution < 1.29 is 9.47 Å². The lowest BCUT2D eigenvalue weighted by molar-refractivity contribution is 0.184. The van der Waals surface area contributed by atoms with Crippen LogP contribution >= 0.6 is 11.3 Å². The van der Waals surface area contributed by atoms with Crippen molar-refractivity contribution in [2.45, 2.75) is 19.4 Å². The van der Waals surface area contributed by atoms with Gasteiger partial charge in [-0.3, -0.25) is 0 Å². The molecule has 1 saturated heterocycles. The van der Waals surface area contributed by atoms with Gasteiger partial charge in [-0.1, -0.05) is 12.1 Å². The van der Waals surface area contributed by atoms with Gasteiger partial charge in [-0.05, 0) is 26.0 Å². The van der Waals surface area contributed by atoms with E-state index in [9.17, 15) is 0 Å². The Morgan fingerprint density at radius 1 is 1.35 bits per heavy atom. The van der Waals surface area contributed by atoms with E-state index in [0.717, 1.165) is 28.7 Å². The Kier molecular flexibility index (Phi) is 3.40. The number of hydrogen-bond donors (Lipinski definition) is 0. The van der Waals surface area contributed by atoms with Crippen molar-refractivity contribution in [1.29, 1.82) is 0 Å². The second-order valence-corrected chi connectivity index (χ2v) is 6.27. The number of aromatic nitrogens is 1. The first-order chi connectivity index (χ1) is 9.62. The second kappa shape index (κ2) is 5.07. The lowest BCUT2D eigenvalue weighted by Gasteiger charge is -2.28. The van der Waals surface area contributed by atoms with E-state index >= 15 is 0 Å². The summed E-state index contributed by atoms with van der Waals surface area (Å²) in [6.07, 6.45) is 0. The molecule has 0 atom stereocenters. The SMILES string of the molecule is COc1ccccc1-c1csc(N2COCC2(C)C)n1. The summed E-state index contributed by atoms with van der Waals surface area (Å²) in [5, 5.41) is 3.06. The third-order valence-electron chi connectivity index (χ3n) is 3.51. The first-order valence-electron chi connectivity index (χ1n) is 6.56. The fraction of sp³-hybridized carbons (Fsp3) is 0.400. The van der Waals surface area contributed by atoms with Gasteiger partial charge in [-0.2, -0.15) is 0 Å². The Morgan fingerprint density at radius 2 is 2.15 bits per heavy atom. The molecule has 1 fully saturated rings. The molecule has 1 aromatic carbocycles. The number of thiazole rings is 1. The first-order valence-corrected chi connectivity index (χ1v) is 7.44. The number of methoxy groups -OCH3 is 1. The molecule has 20 heavy (non-hydrogen) atoms. The smallest absolute Gasteiger partial charge is 0.188 e. The molecule has 1 aliphatic heterocycles. The zero-order chi connectivity index (χ0) is 14.2. The zero-order valence-corrected chi connectivity index (χ0v) is 12.7. The first kappa shape index (κ1) is 13.4. The molecular formula is C15H18N2O2S. The molecule has 0 unspecified atom stereocenters. The molecule has 4 nitrogen and oxygen atoms in total. The Labute approximate surface area is 123 Å². The van der Waals surface area contributed by atoms with Crippen molar-refractivity contribution in [2.24, 2.45) is 0 Å². The summed E-state index contributed by atoms with van der Waals surface area (Å²) in [6, 6.07) is 7.95. The predicted octanol–water partition coefficient (Wildman–Crippen LogP) is 3.39. The van der Waals surface area contributed by atoms with Gasteiger partial charge in [0.25, 0.3) is 0 Å². The van der Waals surface area contributed by atoms with Gasteiger partial charge < -0.3 is 14.4 Å². The lowest BCUT2D eigenvalue weighted by atomic mass is 10.1. The van der Waals surface area contributed by atoms with E-state index in [1.165, 1.54) is 0 Å². The van der Waals surface area contributed by atoms with Crippen LogP contribution in [0.3, 0.4) is 0 Å². The van der Waals surface area contributed by atoms with E-state index in [0.29, 0.717) is 6.73 Å². The summed E-state index contributed by atoms with van der Waals surface area (Å²) in [5.74, 6) is 0.848. The standard InChI is InChI=1S/C15H18N2O2S/c1-15(2)9-19-10-17(15)14-16-12(8-20-14)11-6-4-5-7-13(11)18-3/h4-8H,9-10H2,1-3H3. The third kappa shape index (κ3) is 2.27. The van der Waals surface area contributed by atoms with Crippen LogP contribution in [0, 0.1) is 0 Å². The van der Waals surface area contributed by atoms with Gasteiger partial charge in [0.05, 0.1) is 24.9 Å². The van der Waals surface area contributed by atoms with Crippen molar-refractivity contribution in [2.75, 3.05) is 25.3 Å². The number of ether oxygens (including phenoxy) is 2. The minimum atomic E-state index is -0.00407. The molecule has 0 aliphatic carbocycles. The van der Waals surface area contributed by atoms with Crippen LogP contribution in [0.5, 0.6) is 5.75 Å². The Hall–Kier alpha value is -1.59. The predicted molar refractivity (Wildman–Crippen MR) is 81.5 cm³/mol. The molecule has 0 N–H and O–H groups in total. The fourth-order valence-electron chi connectivity index (χ4n) is 2.32. The van der Waals surface area contributed by atoms with Crippen LogP contribution in [0.4, 0.5) is 5.13 Å². The molecule has 0 radical (unpaired) electrons. The average molecular weight is 290 g/mol. The van der Waals surface area contributed by atoms with Crippen LogP contribution in [-0.4, -0.2) is 31.0 Å². The monoisotopic (exact) mass is 290 g/mol. The molecule has 0 spiro atoms. The van der Waals surface area contributed by atoms with E-state index in [1.54, 1.807) is 18.4 Å². The van der Waals surface area contributed by atoms with E-state index in [4.69, 9.17) is 14.5 Å². The number of para-hydroxylation sites is 1. The highest BCUT2D eigenvalue weighted by Gasteiger charge is 2.34. The van der Waals surface area contributed by atoms with Crippen molar-refractivity contribution in [1.82, 2.24) is 4.98 Å². The fourth-order valence-corrected chi connectivity index (χ4v) is 3.30. The quantitative estimate of drug-likeness (QED) is 0.868. The van der Waals surface area contributed by atoms with E-state index in [-0.39, 0.29) is 5.54 Å². The normalized spacial score (nSPS) is 17.4. The van der Waals surface area contributed by atoms with Gasteiger partial charge >= 0.3 is 0 Å². The molecular weight excluding hydrogens is 272 g/mol. The van der Waals surface area contributed by atoms with Crippen LogP contribution in [0.15, 0.2) is 29.6 Å². The van der Waals surface area contributed by atoms with Crippen molar-refractivity contribution in [3.8, 4) is 17.0 Å². The molecule has 3 rings (SSSR count). The average Bonchev–Trinajstić information content (AvgIpc) is 3.04. The highest BCUT2D eigenvalue weighted by Crippen LogP contribution is 2.36. The van der Waals surface area contributed by atoms with Crippen LogP contribution in [-0.2, 0) is 4.74 Å². The number of rotatable bonds is 3. The summed E-state index contributed by atoms with van der Waals surface area (Å²) >= 11 is 1.64. The largest absolute Gasteiger partial charge is 0.496 e. The van der Waals surface area contributed by atoms with Gasteiger partial charge in [0, 0.05) is 10.9 Å². The maximum Gasteiger partial charge on any atom is 0.188 e. The topological polar surface area (TPSA) is 34.6 Å². The minimum absolute atomic E-state index is 0.00407. The zero-order valence-electron chi connectivity index (χ0n) is 11.9. The second-order valence-electron chi connectivity index (χ2n) is 5.43.